The molecular weight excluding hydrogens is 374 g/mol. The highest BCUT2D eigenvalue weighted by atomic mass is 79.9. The maximum Gasteiger partial charge on any atom is 0.345 e. The summed E-state index contributed by atoms with van der Waals surface area (Å²) in [6, 6.07) is 1.09. The van der Waals surface area contributed by atoms with Crippen LogP contribution in [0.5, 0.6) is 0 Å². The van der Waals surface area contributed by atoms with E-state index >= 15 is 0 Å². The standard InChI is InChI=1S/C10H14BrNO6S2/c1-12(4-6(13)5-18-2)20(16,17)8-3-7(10(14)15)19-9(8)11/h3,6,13H,4-5H2,1-2H3,(H,14,15). The summed E-state index contributed by atoms with van der Waals surface area (Å²) in [5.74, 6) is -1.20. The third kappa shape index (κ3) is 3.99. The Kier molecular flexibility index (Phi) is 6.10. The van der Waals surface area contributed by atoms with Crippen LogP contribution in [0.3, 0.4) is 0 Å². The molecule has 0 radical (unpaired) electrons. The van der Waals surface area contributed by atoms with Crippen molar-refractivity contribution in [2.45, 2.75) is 11.0 Å². The predicted octanol–water partition coefficient (Wildman–Crippen LogP) is 0.837. The smallest absolute Gasteiger partial charge is 0.345 e. The average Bonchev–Trinajstić information content (AvgIpc) is 2.72. The molecule has 0 saturated heterocycles. The highest BCUT2D eigenvalue weighted by Gasteiger charge is 2.28. The Balaban J connectivity index is 3.01. The Hall–Kier alpha value is -0.520. The van der Waals surface area contributed by atoms with E-state index in [1.165, 1.54) is 14.2 Å². The second-order valence-electron chi connectivity index (χ2n) is 3.95. The minimum atomic E-state index is -3.88. The van der Waals surface area contributed by atoms with Gasteiger partial charge in [-0.1, -0.05) is 0 Å². The Bertz CT molecular complexity index is 585. The van der Waals surface area contributed by atoms with Gasteiger partial charge in [0, 0.05) is 20.7 Å². The fourth-order valence-electron chi connectivity index (χ4n) is 1.44. The van der Waals surface area contributed by atoms with Gasteiger partial charge in [-0.05, 0) is 22.0 Å². The number of nitrogens with zero attached hydrogens (tertiary/aromatic N) is 1. The average molecular weight is 388 g/mol. The molecule has 1 unspecified atom stereocenters. The first-order chi connectivity index (χ1) is 9.20. The SMILES string of the molecule is COCC(O)CN(C)S(=O)(=O)c1cc(C(=O)O)sc1Br. The van der Waals surface area contributed by atoms with E-state index in [9.17, 15) is 18.3 Å². The van der Waals surface area contributed by atoms with Crippen LogP contribution in [0.25, 0.3) is 0 Å². The van der Waals surface area contributed by atoms with Gasteiger partial charge in [0.1, 0.15) is 9.77 Å². The highest BCUT2D eigenvalue weighted by Crippen LogP contribution is 2.33. The molecule has 1 heterocycles. The molecule has 0 aromatic carbocycles. The van der Waals surface area contributed by atoms with Crippen LogP contribution >= 0.6 is 27.3 Å². The molecule has 1 aromatic rings. The Morgan fingerprint density at radius 3 is 2.65 bits per heavy atom. The summed E-state index contributed by atoms with van der Waals surface area (Å²) in [5.41, 5.74) is 0. The first-order valence-electron chi connectivity index (χ1n) is 5.36. The summed E-state index contributed by atoms with van der Waals surface area (Å²) < 4.78 is 30.5. The molecule has 2 N–H and O–H groups in total. The largest absolute Gasteiger partial charge is 0.477 e. The van der Waals surface area contributed by atoms with E-state index in [4.69, 9.17) is 9.84 Å². The van der Waals surface area contributed by atoms with Gasteiger partial charge in [0.05, 0.1) is 16.5 Å². The van der Waals surface area contributed by atoms with Crippen LogP contribution in [0, 0.1) is 0 Å². The monoisotopic (exact) mass is 387 g/mol. The molecule has 20 heavy (non-hydrogen) atoms. The fraction of sp³-hybridized carbons (Fsp3) is 0.500. The second kappa shape index (κ2) is 6.96. The number of carboxylic acids is 1. The van der Waals surface area contributed by atoms with Gasteiger partial charge in [-0.3, -0.25) is 0 Å². The van der Waals surface area contributed by atoms with E-state index in [1.807, 2.05) is 0 Å². The summed E-state index contributed by atoms with van der Waals surface area (Å²) >= 11 is 3.87. The van der Waals surface area contributed by atoms with Gasteiger partial charge in [-0.15, -0.1) is 11.3 Å². The lowest BCUT2D eigenvalue weighted by Crippen LogP contribution is -2.36. The van der Waals surface area contributed by atoms with Crippen molar-refractivity contribution in [3.05, 3.63) is 14.7 Å². The van der Waals surface area contributed by atoms with E-state index in [1.54, 1.807) is 0 Å². The number of ether oxygens (including phenoxy) is 1. The molecule has 0 saturated carbocycles. The van der Waals surface area contributed by atoms with Crippen molar-refractivity contribution in [2.24, 2.45) is 0 Å². The number of methoxy groups -OCH3 is 1. The number of carbonyl (C=O) groups is 1. The number of carboxylic acid groups (broad SMARTS) is 1. The van der Waals surface area contributed by atoms with Crippen LogP contribution in [-0.2, 0) is 14.8 Å². The maximum atomic E-state index is 12.3. The highest BCUT2D eigenvalue weighted by molar-refractivity contribution is 9.11. The molecule has 0 fully saturated rings. The maximum absolute atomic E-state index is 12.3. The minimum Gasteiger partial charge on any atom is -0.477 e. The van der Waals surface area contributed by atoms with Crippen molar-refractivity contribution < 1.29 is 28.2 Å². The third-order valence-corrected chi connectivity index (χ3v) is 6.44. The van der Waals surface area contributed by atoms with E-state index < -0.39 is 22.1 Å². The van der Waals surface area contributed by atoms with E-state index in [2.05, 4.69) is 15.9 Å². The van der Waals surface area contributed by atoms with Crippen molar-refractivity contribution >= 4 is 43.3 Å². The summed E-state index contributed by atoms with van der Waals surface area (Å²) in [5, 5.41) is 18.4. The Morgan fingerprint density at radius 1 is 1.60 bits per heavy atom. The molecule has 114 valence electrons. The quantitative estimate of drug-likeness (QED) is 0.717. The molecule has 0 aliphatic heterocycles. The van der Waals surface area contributed by atoms with Gasteiger partial charge < -0.3 is 14.9 Å². The molecule has 0 aliphatic rings. The van der Waals surface area contributed by atoms with Crippen LogP contribution in [-0.4, -0.2) is 62.3 Å². The molecule has 0 aliphatic carbocycles. The lowest BCUT2D eigenvalue weighted by atomic mass is 10.4. The minimum absolute atomic E-state index is 0.00500. The first kappa shape index (κ1) is 17.5. The van der Waals surface area contributed by atoms with Crippen LogP contribution in [0.15, 0.2) is 14.7 Å². The van der Waals surface area contributed by atoms with Gasteiger partial charge in [0.2, 0.25) is 10.0 Å². The number of aliphatic hydroxyl groups is 1. The number of sulfonamides is 1. The van der Waals surface area contributed by atoms with Crippen molar-refractivity contribution in [1.82, 2.24) is 4.31 Å². The first-order valence-corrected chi connectivity index (χ1v) is 8.41. The molecule has 1 aromatic heterocycles. The van der Waals surface area contributed by atoms with Crippen molar-refractivity contribution in [2.75, 3.05) is 27.3 Å². The summed E-state index contributed by atoms with van der Waals surface area (Å²) in [6.07, 6.45) is -0.962. The number of hydrogen-bond acceptors (Lipinski definition) is 6. The lowest BCUT2D eigenvalue weighted by molar-refractivity contribution is 0.0554. The zero-order chi connectivity index (χ0) is 15.5. The summed E-state index contributed by atoms with van der Waals surface area (Å²) in [7, 11) is -1.18. The van der Waals surface area contributed by atoms with Gasteiger partial charge in [0.15, 0.2) is 0 Å². The number of rotatable bonds is 7. The van der Waals surface area contributed by atoms with Crippen molar-refractivity contribution in [3.8, 4) is 0 Å². The van der Waals surface area contributed by atoms with Crippen LogP contribution in [0.1, 0.15) is 9.67 Å². The molecule has 1 rings (SSSR count). The number of aliphatic hydroxyl groups excluding tert-OH is 1. The molecule has 1 atom stereocenters. The summed E-state index contributed by atoms with van der Waals surface area (Å²) in [4.78, 5) is 10.6. The number of thiophene rings is 1. The Labute approximate surface area is 129 Å². The molecule has 0 bridgehead atoms. The zero-order valence-electron chi connectivity index (χ0n) is 10.7. The van der Waals surface area contributed by atoms with E-state index in [-0.39, 0.29) is 26.7 Å². The fourth-order valence-corrected chi connectivity index (χ4v) is 5.00. The predicted molar refractivity (Wildman–Crippen MR) is 76.7 cm³/mol. The molecular formula is C10H14BrNO6S2. The molecule has 7 nitrogen and oxygen atoms in total. The topological polar surface area (TPSA) is 104 Å². The molecule has 10 heteroatoms. The van der Waals surface area contributed by atoms with Crippen molar-refractivity contribution in [3.63, 3.8) is 0 Å². The number of aromatic carboxylic acids is 1. The van der Waals surface area contributed by atoms with Gasteiger partial charge in [-0.25, -0.2) is 13.2 Å². The van der Waals surface area contributed by atoms with Crippen LogP contribution in [0.4, 0.5) is 0 Å². The number of likely N-dealkylation sites (N-methyl/N-ethyl adjacent to an activating group) is 1. The summed E-state index contributed by atoms with van der Waals surface area (Å²) in [6.45, 7) is -0.147. The van der Waals surface area contributed by atoms with Gasteiger partial charge in [-0.2, -0.15) is 4.31 Å². The third-order valence-electron chi connectivity index (χ3n) is 2.38. The van der Waals surface area contributed by atoms with Gasteiger partial charge >= 0.3 is 5.97 Å². The second-order valence-corrected chi connectivity index (χ2v) is 8.33. The number of hydrogen-bond donors (Lipinski definition) is 2. The molecule has 0 spiro atoms. The van der Waals surface area contributed by atoms with Crippen LogP contribution in [0.2, 0.25) is 0 Å². The van der Waals surface area contributed by atoms with E-state index in [0.717, 1.165) is 21.7 Å². The van der Waals surface area contributed by atoms with Gasteiger partial charge in [0.25, 0.3) is 0 Å². The number of halogens is 1. The normalized spacial score (nSPS) is 13.7. The van der Waals surface area contributed by atoms with Crippen LogP contribution < -0.4 is 0 Å². The molecule has 0 amide bonds. The zero-order valence-corrected chi connectivity index (χ0v) is 14.0. The Morgan fingerprint density at radius 2 is 2.20 bits per heavy atom. The van der Waals surface area contributed by atoms with Crippen molar-refractivity contribution in [1.29, 1.82) is 0 Å². The van der Waals surface area contributed by atoms with E-state index in [0.29, 0.717) is 0 Å². The lowest BCUT2D eigenvalue weighted by Gasteiger charge is -2.19.